The van der Waals surface area contributed by atoms with Gasteiger partial charge in [0, 0.05) is 0 Å². The Bertz CT molecular complexity index is 805. The van der Waals surface area contributed by atoms with Gasteiger partial charge in [0.25, 0.3) is 8.32 Å². The lowest BCUT2D eigenvalue weighted by molar-refractivity contribution is 0.0690. The predicted molar refractivity (Wildman–Crippen MR) is 128 cm³/mol. The van der Waals surface area contributed by atoms with Gasteiger partial charge >= 0.3 is 0 Å². The van der Waals surface area contributed by atoms with E-state index >= 15 is 0 Å². The molecule has 0 spiro atoms. The van der Waals surface area contributed by atoms with Gasteiger partial charge in [0.2, 0.25) is 0 Å². The molecule has 0 aromatic heterocycles. The Labute approximate surface area is 184 Å². The summed E-state index contributed by atoms with van der Waals surface area (Å²) in [6.45, 7) is 11.7. The van der Waals surface area contributed by atoms with Crippen molar-refractivity contribution in [2.24, 2.45) is 0 Å². The highest BCUT2D eigenvalue weighted by atomic mass is 28.4. The van der Waals surface area contributed by atoms with Gasteiger partial charge in [-0.2, -0.15) is 0 Å². The van der Waals surface area contributed by atoms with Crippen LogP contribution in [0.15, 0.2) is 60.7 Å². The Morgan fingerprint density at radius 3 is 2.07 bits per heavy atom. The molecule has 0 radical (unpaired) electrons. The van der Waals surface area contributed by atoms with Crippen LogP contribution in [0.5, 0.6) is 0 Å². The molecule has 162 valence electrons. The van der Waals surface area contributed by atoms with Crippen molar-refractivity contribution in [3.63, 3.8) is 0 Å². The van der Waals surface area contributed by atoms with Crippen LogP contribution in [0.2, 0.25) is 5.04 Å². The van der Waals surface area contributed by atoms with Crippen LogP contribution in [-0.2, 0) is 9.16 Å². The Morgan fingerprint density at radius 1 is 1.00 bits per heavy atom. The van der Waals surface area contributed by atoms with Gasteiger partial charge in [-0.25, -0.2) is 0 Å². The zero-order chi connectivity index (χ0) is 21.5. The number of fused-ring (bicyclic) bond motifs is 1. The van der Waals surface area contributed by atoms with Gasteiger partial charge in [-0.05, 0) is 48.0 Å². The molecule has 0 N–H and O–H groups in total. The fraction of sp³-hybridized carbons (Fsp3) is 0.556. The monoisotopic (exact) mass is 422 g/mol. The summed E-state index contributed by atoms with van der Waals surface area (Å²) in [6, 6.07) is 22.1. The summed E-state index contributed by atoms with van der Waals surface area (Å²) in [5.41, 5.74) is -0.106. The van der Waals surface area contributed by atoms with E-state index in [9.17, 15) is 0 Å². The Morgan fingerprint density at radius 2 is 1.57 bits per heavy atom. The molecule has 1 aliphatic heterocycles. The van der Waals surface area contributed by atoms with Crippen molar-refractivity contribution < 1.29 is 9.16 Å². The van der Waals surface area contributed by atoms with Crippen LogP contribution in [0.4, 0.5) is 0 Å². The molecule has 0 bridgehead atoms. The van der Waals surface area contributed by atoms with Crippen molar-refractivity contribution in [3.8, 4) is 0 Å². The molecule has 1 heterocycles. The van der Waals surface area contributed by atoms with E-state index in [2.05, 4.69) is 95.3 Å². The minimum Gasteiger partial charge on any atom is -0.401 e. The molecule has 2 aliphatic rings. The molecule has 4 rings (SSSR count). The van der Waals surface area contributed by atoms with E-state index in [4.69, 9.17) is 9.16 Å². The summed E-state index contributed by atoms with van der Waals surface area (Å²) in [4.78, 5) is 0. The quantitative estimate of drug-likeness (QED) is 0.413. The third-order valence-electron chi connectivity index (χ3n) is 7.54. The summed E-state index contributed by atoms with van der Waals surface area (Å²) in [6.07, 6.45) is 7.13. The normalized spacial score (nSPS) is 28.8. The number of epoxide rings is 1. The molecule has 3 heteroatoms. The highest BCUT2D eigenvalue weighted by molar-refractivity contribution is 6.99. The minimum atomic E-state index is -2.55. The zero-order valence-corrected chi connectivity index (χ0v) is 20.4. The lowest BCUT2D eigenvalue weighted by Crippen LogP contribution is -2.69. The fourth-order valence-electron chi connectivity index (χ4n) is 5.88. The number of unbranched alkanes of at least 4 members (excludes halogenated alkanes) is 1. The lowest BCUT2D eigenvalue weighted by atomic mass is 9.76. The van der Waals surface area contributed by atoms with Gasteiger partial charge in [-0.1, -0.05) is 101 Å². The number of ether oxygens (including phenoxy) is 1. The second-order valence-corrected chi connectivity index (χ2v) is 14.7. The number of benzene rings is 2. The van der Waals surface area contributed by atoms with Crippen molar-refractivity contribution in [2.75, 3.05) is 0 Å². The molecule has 1 saturated carbocycles. The van der Waals surface area contributed by atoms with E-state index in [-0.39, 0.29) is 22.3 Å². The molecule has 30 heavy (non-hydrogen) atoms. The smallest absolute Gasteiger partial charge is 0.261 e. The second-order valence-electron chi connectivity index (χ2n) is 10.5. The largest absolute Gasteiger partial charge is 0.401 e. The van der Waals surface area contributed by atoms with Crippen LogP contribution in [0.3, 0.4) is 0 Å². The molecule has 2 nitrogen and oxygen atoms in total. The molecule has 0 unspecified atom stereocenters. The van der Waals surface area contributed by atoms with E-state index < -0.39 is 8.32 Å². The second kappa shape index (κ2) is 7.92. The summed E-state index contributed by atoms with van der Waals surface area (Å²) < 4.78 is 14.1. The van der Waals surface area contributed by atoms with E-state index in [1.54, 1.807) is 0 Å². The maximum atomic E-state index is 7.55. The Kier molecular flexibility index (Phi) is 5.76. The maximum Gasteiger partial charge on any atom is 0.261 e. The average Bonchev–Trinajstić information content (AvgIpc) is 3.37. The molecule has 0 amide bonds. The first-order valence-corrected chi connectivity index (χ1v) is 13.7. The topological polar surface area (TPSA) is 21.8 Å². The van der Waals surface area contributed by atoms with Crippen LogP contribution >= 0.6 is 0 Å². The van der Waals surface area contributed by atoms with E-state index in [1.165, 1.54) is 29.6 Å². The summed E-state index contributed by atoms with van der Waals surface area (Å²) in [5, 5.41) is 2.73. The number of hydrogen-bond acceptors (Lipinski definition) is 2. The van der Waals surface area contributed by atoms with Crippen LogP contribution in [0.1, 0.15) is 73.1 Å². The van der Waals surface area contributed by atoms with Gasteiger partial charge in [-0.3, -0.25) is 0 Å². The van der Waals surface area contributed by atoms with Crippen LogP contribution in [-0.4, -0.2) is 25.6 Å². The molecule has 1 aliphatic carbocycles. The van der Waals surface area contributed by atoms with Gasteiger partial charge in [0.05, 0.1) is 11.7 Å². The highest BCUT2D eigenvalue weighted by Crippen LogP contribution is 2.61. The molecule has 2 fully saturated rings. The van der Waals surface area contributed by atoms with Crippen LogP contribution < -0.4 is 10.4 Å². The molecular weight excluding hydrogens is 384 g/mol. The van der Waals surface area contributed by atoms with E-state index in [0.29, 0.717) is 0 Å². The standard InChI is InChI=1S/C27H38O2Si/c1-6-7-21-27-24(19-14-20-26(27,5)29-27)28-30(25(2,3)4,22-15-10-8-11-16-22)23-17-12-9-13-18-23/h8-13,15-18,24H,6-7,14,19-21H2,1-5H3/t24-,26+,27-/m1/s1. The molecular formula is C27H38O2Si. The first-order chi connectivity index (χ1) is 14.3. The van der Waals surface area contributed by atoms with Crippen molar-refractivity contribution in [1.29, 1.82) is 0 Å². The van der Waals surface area contributed by atoms with E-state index in [0.717, 1.165) is 19.3 Å². The first kappa shape index (κ1) is 21.8. The first-order valence-electron chi connectivity index (χ1n) is 11.8. The van der Waals surface area contributed by atoms with Crippen molar-refractivity contribution in [3.05, 3.63) is 60.7 Å². The van der Waals surface area contributed by atoms with Crippen LogP contribution in [0.25, 0.3) is 0 Å². The van der Waals surface area contributed by atoms with Crippen molar-refractivity contribution in [2.45, 2.75) is 95.5 Å². The van der Waals surface area contributed by atoms with Crippen LogP contribution in [0, 0.1) is 0 Å². The van der Waals surface area contributed by atoms with Gasteiger partial charge in [0.1, 0.15) is 5.60 Å². The van der Waals surface area contributed by atoms with Crippen molar-refractivity contribution in [1.82, 2.24) is 0 Å². The SMILES string of the molecule is CCCC[C@]12O[C@@]1(C)CCC[C@H]2O[Si](c1ccccc1)(c1ccccc1)C(C)(C)C. The summed E-state index contributed by atoms with van der Waals surface area (Å²) in [7, 11) is -2.55. The average molecular weight is 423 g/mol. The Balaban J connectivity index is 1.83. The van der Waals surface area contributed by atoms with Gasteiger partial charge < -0.3 is 9.16 Å². The number of hydrogen-bond donors (Lipinski definition) is 0. The third-order valence-corrected chi connectivity index (χ3v) is 12.6. The van der Waals surface area contributed by atoms with Gasteiger partial charge in [0.15, 0.2) is 0 Å². The van der Waals surface area contributed by atoms with Gasteiger partial charge in [-0.15, -0.1) is 0 Å². The summed E-state index contributed by atoms with van der Waals surface area (Å²) in [5.74, 6) is 0. The third kappa shape index (κ3) is 3.39. The lowest BCUT2D eigenvalue weighted by Gasteiger charge is -2.47. The zero-order valence-electron chi connectivity index (χ0n) is 19.4. The Hall–Kier alpha value is -1.42. The number of rotatable bonds is 7. The molecule has 2 aromatic rings. The molecule has 1 saturated heterocycles. The minimum absolute atomic E-state index is 0.00349. The summed E-state index contributed by atoms with van der Waals surface area (Å²) >= 11 is 0. The molecule has 3 atom stereocenters. The van der Waals surface area contributed by atoms with Crippen molar-refractivity contribution >= 4 is 18.7 Å². The molecule has 2 aromatic carbocycles. The maximum absolute atomic E-state index is 7.55. The predicted octanol–water partition coefficient (Wildman–Crippen LogP) is 5.83. The van der Waals surface area contributed by atoms with E-state index in [1.807, 2.05) is 0 Å². The highest BCUT2D eigenvalue weighted by Gasteiger charge is 2.72. The fourth-order valence-corrected chi connectivity index (χ4v) is 10.6.